The lowest BCUT2D eigenvalue weighted by Gasteiger charge is -2.11. The number of hydrogen-bond donors (Lipinski definition) is 0. The Balaban J connectivity index is 2.09. The maximum atomic E-state index is 12.7. The highest BCUT2D eigenvalue weighted by Crippen LogP contribution is 2.22. The van der Waals surface area contributed by atoms with Crippen molar-refractivity contribution in [3.05, 3.63) is 52.8 Å². The average Bonchev–Trinajstić information content (AvgIpc) is 2.98. The Labute approximate surface area is 168 Å². The van der Waals surface area contributed by atoms with Crippen molar-refractivity contribution in [2.45, 2.75) is 24.8 Å². The fourth-order valence-electron chi connectivity index (χ4n) is 2.86. The molecule has 148 valence electrons. The van der Waals surface area contributed by atoms with E-state index in [1.165, 1.54) is 17.6 Å². The van der Waals surface area contributed by atoms with Gasteiger partial charge >= 0.3 is 0 Å². The second kappa shape index (κ2) is 7.89. The average molecular weight is 418 g/mol. The van der Waals surface area contributed by atoms with Crippen molar-refractivity contribution in [1.29, 1.82) is 0 Å². The summed E-state index contributed by atoms with van der Waals surface area (Å²) in [6.45, 7) is 2.75. The fourth-order valence-corrected chi connectivity index (χ4v) is 4.68. The van der Waals surface area contributed by atoms with E-state index in [2.05, 4.69) is 4.99 Å². The molecular formula is C20H23N3O3S2. The zero-order valence-electron chi connectivity index (χ0n) is 16.3. The normalized spacial score (nSPS) is 12.5. The molecule has 8 heteroatoms. The van der Waals surface area contributed by atoms with Crippen molar-refractivity contribution in [3.63, 3.8) is 0 Å². The summed E-state index contributed by atoms with van der Waals surface area (Å²) in [5.74, 6) is -0.315. The minimum absolute atomic E-state index is 0.266. The molecule has 0 spiro atoms. The summed E-state index contributed by atoms with van der Waals surface area (Å²) in [6, 6.07) is 12.3. The summed E-state index contributed by atoms with van der Waals surface area (Å²) in [5, 5.41) is 0. The molecule has 0 bridgehead atoms. The molecule has 0 unspecified atom stereocenters. The number of amides is 1. The first-order chi connectivity index (χ1) is 13.2. The number of sulfone groups is 1. The van der Waals surface area contributed by atoms with Gasteiger partial charge in [0, 0.05) is 38.1 Å². The van der Waals surface area contributed by atoms with E-state index in [9.17, 15) is 13.2 Å². The number of aromatic nitrogens is 1. The minimum Gasteiger partial charge on any atom is -0.378 e. The quantitative estimate of drug-likeness (QED) is 0.638. The van der Waals surface area contributed by atoms with Gasteiger partial charge in [-0.05, 0) is 48.9 Å². The van der Waals surface area contributed by atoms with E-state index in [0.717, 1.165) is 22.3 Å². The van der Waals surface area contributed by atoms with Gasteiger partial charge in [0.2, 0.25) is 0 Å². The monoisotopic (exact) mass is 417 g/mol. The maximum absolute atomic E-state index is 12.7. The van der Waals surface area contributed by atoms with Crippen molar-refractivity contribution in [2.24, 2.45) is 4.99 Å². The largest absolute Gasteiger partial charge is 0.378 e. The molecule has 2 aromatic carbocycles. The smallest absolute Gasteiger partial charge is 0.279 e. The number of fused-ring (bicyclic) bond motifs is 1. The molecular weight excluding hydrogens is 394 g/mol. The Morgan fingerprint density at radius 2 is 1.82 bits per heavy atom. The van der Waals surface area contributed by atoms with Crippen LogP contribution < -0.4 is 9.70 Å². The van der Waals surface area contributed by atoms with Crippen molar-refractivity contribution >= 4 is 43.0 Å². The lowest BCUT2D eigenvalue weighted by Crippen LogP contribution is -2.17. The van der Waals surface area contributed by atoms with E-state index in [1.807, 2.05) is 42.6 Å². The van der Waals surface area contributed by atoms with Crippen LogP contribution in [0.1, 0.15) is 23.7 Å². The minimum atomic E-state index is -3.29. The molecule has 0 aliphatic carbocycles. The van der Waals surface area contributed by atoms with E-state index in [0.29, 0.717) is 16.9 Å². The summed E-state index contributed by atoms with van der Waals surface area (Å²) < 4.78 is 26.5. The predicted molar refractivity (Wildman–Crippen MR) is 114 cm³/mol. The van der Waals surface area contributed by atoms with Crippen LogP contribution in [0.15, 0.2) is 52.4 Å². The molecule has 0 aliphatic rings. The molecule has 0 radical (unpaired) electrons. The molecule has 28 heavy (non-hydrogen) atoms. The van der Waals surface area contributed by atoms with Gasteiger partial charge in [0.05, 0.1) is 15.1 Å². The standard InChI is InChI=1S/C20H23N3O3S2/c1-5-12-23-17-11-10-16(28(4,25)26)13-18(17)27-20(23)21-19(24)14-6-8-15(9-7-14)22(2)3/h6-11,13H,5,12H2,1-4H3. The van der Waals surface area contributed by atoms with E-state index in [-0.39, 0.29) is 10.8 Å². The number of nitrogens with zero attached hydrogens (tertiary/aromatic N) is 3. The first kappa shape index (κ1) is 20.3. The van der Waals surface area contributed by atoms with Crippen LogP contribution in [0, 0.1) is 0 Å². The topological polar surface area (TPSA) is 71.7 Å². The third-order valence-electron chi connectivity index (χ3n) is 4.36. The number of hydrogen-bond acceptors (Lipinski definition) is 5. The Morgan fingerprint density at radius 1 is 1.14 bits per heavy atom. The number of rotatable bonds is 5. The SMILES string of the molecule is CCCn1c(=NC(=O)c2ccc(N(C)C)cc2)sc2cc(S(C)(=O)=O)ccc21. The van der Waals surface area contributed by atoms with Crippen LogP contribution in [-0.4, -0.2) is 39.2 Å². The molecule has 3 aromatic rings. The van der Waals surface area contributed by atoms with Crippen LogP contribution in [0.4, 0.5) is 5.69 Å². The van der Waals surface area contributed by atoms with Crippen LogP contribution in [0.2, 0.25) is 0 Å². The first-order valence-electron chi connectivity index (χ1n) is 8.90. The van der Waals surface area contributed by atoms with Crippen molar-refractivity contribution < 1.29 is 13.2 Å². The highest BCUT2D eigenvalue weighted by molar-refractivity contribution is 7.90. The van der Waals surface area contributed by atoms with Gasteiger partial charge in [0.25, 0.3) is 5.91 Å². The van der Waals surface area contributed by atoms with Gasteiger partial charge < -0.3 is 9.47 Å². The number of benzene rings is 2. The van der Waals surface area contributed by atoms with Gasteiger partial charge in [0.1, 0.15) is 0 Å². The van der Waals surface area contributed by atoms with Gasteiger partial charge in [-0.25, -0.2) is 8.42 Å². The third-order valence-corrected chi connectivity index (χ3v) is 6.51. The Bertz CT molecular complexity index is 1190. The Hall–Kier alpha value is -2.45. The number of thiazole rings is 1. The second-order valence-electron chi connectivity index (χ2n) is 6.80. The molecule has 3 rings (SSSR count). The highest BCUT2D eigenvalue weighted by atomic mass is 32.2. The van der Waals surface area contributed by atoms with Crippen molar-refractivity contribution in [2.75, 3.05) is 25.3 Å². The number of carbonyl (C=O) groups excluding carboxylic acids is 1. The van der Waals surface area contributed by atoms with Crippen molar-refractivity contribution in [3.8, 4) is 0 Å². The van der Waals surface area contributed by atoms with Crippen LogP contribution in [0.3, 0.4) is 0 Å². The molecule has 0 N–H and O–H groups in total. The van der Waals surface area contributed by atoms with Gasteiger partial charge in [0.15, 0.2) is 14.6 Å². The molecule has 1 amide bonds. The lowest BCUT2D eigenvalue weighted by molar-refractivity contribution is 0.0998. The molecule has 0 saturated carbocycles. The van der Waals surface area contributed by atoms with Gasteiger partial charge in [-0.15, -0.1) is 0 Å². The van der Waals surface area contributed by atoms with Crippen LogP contribution in [-0.2, 0) is 16.4 Å². The number of anilines is 1. The zero-order chi connectivity index (χ0) is 20.5. The van der Waals surface area contributed by atoms with Crippen LogP contribution in [0.25, 0.3) is 10.2 Å². The van der Waals surface area contributed by atoms with E-state index in [1.54, 1.807) is 30.3 Å². The molecule has 0 fully saturated rings. The third kappa shape index (κ3) is 4.18. The molecule has 6 nitrogen and oxygen atoms in total. The van der Waals surface area contributed by atoms with Crippen molar-refractivity contribution in [1.82, 2.24) is 4.57 Å². The predicted octanol–water partition coefficient (Wildman–Crippen LogP) is 3.32. The van der Waals surface area contributed by atoms with Gasteiger partial charge in [-0.3, -0.25) is 4.79 Å². The van der Waals surface area contributed by atoms with Crippen LogP contribution >= 0.6 is 11.3 Å². The molecule has 0 saturated heterocycles. The molecule has 1 heterocycles. The molecule has 0 atom stereocenters. The van der Waals surface area contributed by atoms with E-state index in [4.69, 9.17) is 0 Å². The number of aryl methyl sites for hydroxylation is 1. The summed E-state index contributed by atoms with van der Waals surface area (Å²) in [4.78, 5) is 19.8. The summed E-state index contributed by atoms with van der Waals surface area (Å²) in [6.07, 6.45) is 2.06. The summed E-state index contributed by atoms with van der Waals surface area (Å²) in [7, 11) is 0.591. The van der Waals surface area contributed by atoms with Gasteiger partial charge in [-0.2, -0.15) is 4.99 Å². The summed E-state index contributed by atoms with van der Waals surface area (Å²) in [5.41, 5.74) is 2.41. The fraction of sp³-hybridized carbons (Fsp3) is 0.300. The zero-order valence-corrected chi connectivity index (χ0v) is 18.0. The van der Waals surface area contributed by atoms with E-state index >= 15 is 0 Å². The first-order valence-corrected chi connectivity index (χ1v) is 11.6. The van der Waals surface area contributed by atoms with Gasteiger partial charge in [-0.1, -0.05) is 18.3 Å². The maximum Gasteiger partial charge on any atom is 0.279 e. The molecule has 0 aliphatic heterocycles. The highest BCUT2D eigenvalue weighted by Gasteiger charge is 2.13. The second-order valence-corrected chi connectivity index (χ2v) is 9.82. The summed E-state index contributed by atoms with van der Waals surface area (Å²) >= 11 is 1.33. The lowest BCUT2D eigenvalue weighted by atomic mass is 10.2. The van der Waals surface area contributed by atoms with Crippen LogP contribution in [0.5, 0.6) is 0 Å². The van der Waals surface area contributed by atoms with E-state index < -0.39 is 9.84 Å². The Morgan fingerprint density at radius 3 is 2.39 bits per heavy atom. The number of carbonyl (C=O) groups is 1. The molecule has 1 aromatic heterocycles. The Kier molecular flexibility index (Phi) is 5.71.